The van der Waals surface area contributed by atoms with E-state index in [9.17, 15) is 0 Å². The van der Waals surface area contributed by atoms with Gasteiger partial charge in [-0.15, -0.1) is 0 Å². The molecule has 0 unspecified atom stereocenters. The summed E-state index contributed by atoms with van der Waals surface area (Å²) >= 11 is 2.18. The van der Waals surface area contributed by atoms with Crippen LogP contribution in [-0.4, -0.2) is 53.5 Å². The number of hydrogen-bond acceptors (Lipinski definition) is 1. The fourth-order valence-corrected chi connectivity index (χ4v) is 4.48. The molecule has 0 aromatic carbocycles. The van der Waals surface area contributed by atoms with Crippen LogP contribution in [0.5, 0.6) is 0 Å². The molecule has 0 saturated carbocycles. The third-order valence-corrected chi connectivity index (χ3v) is 6.45. The van der Waals surface area contributed by atoms with Gasteiger partial charge in [0.25, 0.3) is 0 Å². The van der Waals surface area contributed by atoms with Crippen LogP contribution in [-0.2, 0) is 0 Å². The van der Waals surface area contributed by atoms with E-state index in [1.165, 1.54) is 8.94 Å². The van der Waals surface area contributed by atoms with Gasteiger partial charge in [0.15, 0.2) is 0 Å². The van der Waals surface area contributed by atoms with Crippen molar-refractivity contribution in [1.82, 2.24) is 0 Å². The molecule has 0 aromatic heterocycles. The summed E-state index contributed by atoms with van der Waals surface area (Å²) < 4.78 is 4.28. The summed E-state index contributed by atoms with van der Waals surface area (Å²) in [6.07, 6.45) is 0. The first kappa shape index (κ1) is 6.37. The van der Waals surface area contributed by atoms with Crippen LogP contribution in [0.15, 0.2) is 4.99 Å². The van der Waals surface area contributed by atoms with Crippen LogP contribution in [0.3, 0.4) is 0 Å². The number of nitrogens with zero attached hydrogens (tertiary/aromatic N) is 1. The van der Waals surface area contributed by atoms with Gasteiger partial charge in [0.2, 0.25) is 0 Å². The molecular formula is C4H7NTe2. The van der Waals surface area contributed by atoms with Crippen molar-refractivity contribution >= 4 is 47.0 Å². The van der Waals surface area contributed by atoms with Crippen LogP contribution in [0.1, 0.15) is 0 Å². The minimum atomic E-state index is 0.287. The first-order chi connectivity index (χ1) is 3.43. The zero-order chi connectivity index (χ0) is 5.11. The van der Waals surface area contributed by atoms with Crippen molar-refractivity contribution in [2.75, 3.05) is 6.54 Å². The molecule has 7 heavy (non-hydrogen) atoms. The first-order valence-electron chi connectivity index (χ1n) is 2.20. The average molecular weight is 324 g/mol. The summed E-state index contributed by atoms with van der Waals surface area (Å²) in [5, 5.41) is 0. The van der Waals surface area contributed by atoms with Crippen LogP contribution in [0.4, 0.5) is 0 Å². The monoisotopic (exact) mass is 329 g/mol. The Morgan fingerprint density at radius 3 is 3.00 bits per heavy atom. The quantitative estimate of drug-likeness (QED) is 0.595. The second-order valence-corrected chi connectivity index (χ2v) is 5.52. The number of hydrogen-bond donors (Lipinski definition) is 0. The topological polar surface area (TPSA) is 12.4 Å². The maximum atomic E-state index is 4.34. The SMILES string of the molecule is [TeH]CC1=NCC[Te]1. The van der Waals surface area contributed by atoms with Crippen LogP contribution in [0.2, 0.25) is 8.94 Å². The second kappa shape index (κ2) is 3.31. The van der Waals surface area contributed by atoms with E-state index >= 15 is 0 Å². The molecule has 1 rings (SSSR count). The van der Waals surface area contributed by atoms with Gasteiger partial charge in [-0.3, -0.25) is 0 Å². The third-order valence-electron chi connectivity index (χ3n) is 0.783. The van der Waals surface area contributed by atoms with E-state index in [0.29, 0.717) is 0 Å². The van der Waals surface area contributed by atoms with Crippen molar-refractivity contribution in [2.45, 2.75) is 8.94 Å². The van der Waals surface area contributed by atoms with Crippen molar-refractivity contribution in [2.24, 2.45) is 4.99 Å². The van der Waals surface area contributed by atoms with Crippen molar-refractivity contribution in [3.63, 3.8) is 0 Å². The van der Waals surface area contributed by atoms with E-state index < -0.39 is 0 Å². The molecule has 0 radical (unpaired) electrons. The molecule has 0 bridgehead atoms. The summed E-state index contributed by atoms with van der Waals surface area (Å²) in [6.45, 7) is 1.15. The molecule has 40 valence electrons. The van der Waals surface area contributed by atoms with Crippen molar-refractivity contribution in [1.29, 1.82) is 0 Å². The standard InChI is InChI=1S/C4H7NTe2/c6-3-4-5-1-2-7-4/h6H,1-3H2. The van der Waals surface area contributed by atoms with Gasteiger partial charge in [-0.25, -0.2) is 0 Å². The molecule has 1 aliphatic rings. The van der Waals surface area contributed by atoms with E-state index in [1.807, 2.05) is 22.3 Å². The molecule has 0 aromatic rings. The summed E-state index contributed by atoms with van der Waals surface area (Å²) in [7, 11) is 0. The first-order valence-corrected chi connectivity index (χ1v) is 6.82. The van der Waals surface area contributed by atoms with E-state index in [2.05, 4.69) is 4.99 Å². The van der Waals surface area contributed by atoms with Gasteiger partial charge in [-0.1, -0.05) is 0 Å². The Morgan fingerprint density at radius 1 is 1.86 bits per heavy atom. The van der Waals surface area contributed by atoms with E-state index in [0.717, 1.165) is 6.54 Å². The summed E-state index contributed by atoms with van der Waals surface area (Å²) in [4.78, 5) is 4.34. The van der Waals surface area contributed by atoms with Gasteiger partial charge in [0, 0.05) is 0 Å². The Kier molecular flexibility index (Phi) is 3.01. The molecule has 0 aliphatic carbocycles. The van der Waals surface area contributed by atoms with E-state index in [1.54, 1.807) is 3.76 Å². The average Bonchev–Trinajstić information content (AvgIpc) is 2.14. The molecule has 0 fully saturated rings. The third kappa shape index (κ3) is 1.90. The predicted octanol–water partition coefficient (Wildman–Crippen LogP) is -0.160. The zero-order valence-corrected chi connectivity index (χ0v) is 8.81. The normalized spacial score (nSPS) is 19.9. The Morgan fingerprint density at radius 2 is 2.71 bits per heavy atom. The molecule has 0 N–H and O–H groups in total. The summed E-state index contributed by atoms with van der Waals surface area (Å²) in [5.41, 5.74) is 0. The Labute approximate surface area is 67.0 Å². The molecule has 0 amide bonds. The maximum absolute atomic E-state index is 4.34. The van der Waals surface area contributed by atoms with Gasteiger partial charge < -0.3 is 0 Å². The summed E-state index contributed by atoms with van der Waals surface area (Å²) in [6, 6.07) is 0. The zero-order valence-electron chi connectivity index (χ0n) is 3.92. The van der Waals surface area contributed by atoms with Crippen molar-refractivity contribution in [3.8, 4) is 0 Å². The Balaban J connectivity index is 2.36. The van der Waals surface area contributed by atoms with Crippen LogP contribution in [0, 0.1) is 0 Å². The molecule has 1 heterocycles. The van der Waals surface area contributed by atoms with E-state index in [4.69, 9.17) is 0 Å². The van der Waals surface area contributed by atoms with Gasteiger partial charge in [-0.05, 0) is 0 Å². The molecule has 0 spiro atoms. The minimum absolute atomic E-state index is 0.287. The fraction of sp³-hybridized carbons (Fsp3) is 0.750. The van der Waals surface area contributed by atoms with E-state index in [-0.39, 0.29) is 20.9 Å². The predicted molar refractivity (Wildman–Crippen MR) is 34.8 cm³/mol. The van der Waals surface area contributed by atoms with Gasteiger partial charge in [0.05, 0.1) is 0 Å². The molecule has 1 nitrogen and oxygen atoms in total. The van der Waals surface area contributed by atoms with Crippen LogP contribution >= 0.6 is 0 Å². The van der Waals surface area contributed by atoms with Crippen LogP contribution in [0.25, 0.3) is 0 Å². The Bertz CT molecular complexity index is 89.7. The van der Waals surface area contributed by atoms with Crippen LogP contribution < -0.4 is 0 Å². The molecule has 1 aliphatic heterocycles. The number of rotatable bonds is 1. The summed E-state index contributed by atoms with van der Waals surface area (Å²) in [5.74, 6) is 0. The fourth-order valence-electron chi connectivity index (χ4n) is 0.475. The molecule has 3 heteroatoms. The van der Waals surface area contributed by atoms with Gasteiger partial charge in [0.1, 0.15) is 0 Å². The molecular weight excluding hydrogens is 317 g/mol. The number of aliphatic imine (C=N–C) groups is 1. The van der Waals surface area contributed by atoms with Crippen molar-refractivity contribution < 1.29 is 0 Å². The second-order valence-electron chi connectivity index (χ2n) is 1.28. The van der Waals surface area contributed by atoms with Crippen molar-refractivity contribution in [3.05, 3.63) is 0 Å². The van der Waals surface area contributed by atoms with Gasteiger partial charge >= 0.3 is 67.5 Å². The van der Waals surface area contributed by atoms with Gasteiger partial charge in [-0.2, -0.15) is 0 Å². The Hall–Kier alpha value is 1.25. The molecule has 0 saturated heterocycles. The molecule has 0 atom stereocenters.